The minimum atomic E-state index is -0.156. The summed E-state index contributed by atoms with van der Waals surface area (Å²) in [4.78, 5) is 17.6. The van der Waals surface area contributed by atoms with Gasteiger partial charge in [0.1, 0.15) is 5.75 Å². The zero-order chi connectivity index (χ0) is 18.3. The Labute approximate surface area is 145 Å². The number of nitrogens with zero attached hydrogens (tertiary/aromatic N) is 1. The molecule has 0 aliphatic carbocycles. The molecule has 1 amide bonds. The number of aromatic hydroxyl groups is 1. The van der Waals surface area contributed by atoms with Gasteiger partial charge >= 0.3 is 0 Å². The summed E-state index contributed by atoms with van der Waals surface area (Å²) in [5.74, 6) is 0.354. The number of benzene rings is 1. The van der Waals surface area contributed by atoms with Crippen molar-refractivity contribution in [2.75, 3.05) is 13.7 Å². The molecule has 1 unspecified atom stereocenters. The highest BCUT2D eigenvalue weighted by Gasteiger charge is 2.30. The number of rotatable bonds is 2. The fourth-order valence-electron chi connectivity index (χ4n) is 3.21. The van der Waals surface area contributed by atoms with E-state index in [9.17, 15) is 9.90 Å². The van der Waals surface area contributed by atoms with E-state index in [0.29, 0.717) is 18.8 Å². The smallest absolute Gasteiger partial charge is 0.249 e. The number of amides is 1. The largest absolute Gasteiger partial charge is 0.507 e. The lowest BCUT2D eigenvalue weighted by atomic mass is 9.77. The molecule has 1 heterocycles. The predicted molar refractivity (Wildman–Crippen MR) is 96.0 cm³/mol. The summed E-state index contributed by atoms with van der Waals surface area (Å²) < 4.78 is 0. The van der Waals surface area contributed by atoms with Crippen molar-refractivity contribution >= 4 is 5.91 Å². The van der Waals surface area contributed by atoms with Gasteiger partial charge in [-0.15, -0.1) is 0 Å². The molecule has 1 saturated heterocycles. The van der Waals surface area contributed by atoms with Gasteiger partial charge in [0.05, 0.1) is 6.61 Å². The second kappa shape index (κ2) is 6.40. The molecule has 1 atom stereocenters. The third-order valence-corrected chi connectivity index (χ3v) is 4.68. The summed E-state index contributed by atoms with van der Waals surface area (Å²) in [6, 6.07) is 4.13. The topological polar surface area (TPSA) is 49.8 Å². The van der Waals surface area contributed by atoms with E-state index in [0.717, 1.165) is 23.1 Å². The van der Waals surface area contributed by atoms with Gasteiger partial charge in [-0.05, 0) is 40.4 Å². The molecule has 0 bridgehead atoms. The Balaban J connectivity index is 2.45. The summed E-state index contributed by atoms with van der Waals surface area (Å²) in [5.41, 5.74) is 2.68. The quantitative estimate of drug-likeness (QED) is 0.892. The standard InChI is InChI=1S/C20H31NO3/c1-19(2,3)15-11-13(12-16(17(15)22)20(4,5)6)10-14-8-9-24-21(7)18(14)23/h11-12,14,22H,8-10H2,1-7H3. The molecule has 0 spiro atoms. The van der Waals surface area contributed by atoms with E-state index in [-0.39, 0.29) is 22.7 Å². The Morgan fingerprint density at radius 3 is 2.08 bits per heavy atom. The van der Waals surface area contributed by atoms with Crippen molar-refractivity contribution in [1.82, 2.24) is 5.06 Å². The van der Waals surface area contributed by atoms with Crippen LogP contribution in [0.3, 0.4) is 0 Å². The Morgan fingerprint density at radius 2 is 1.62 bits per heavy atom. The van der Waals surface area contributed by atoms with Gasteiger partial charge in [-0.2, -0.15) is 0 Å². The van der Waals surface area contributed by atoms with Crippen LogP contribution in [-0.2, 0) is 26.9 Å². The first-order valence-electron chi connectivity index (χ1n) is 8.68. The molecule has 1 aromatic rings. The van der Waals surface area contributed by atoms with Crippen molar-refractivity contribution in [3.05, 3.63) is 28.8 Å². The highest BCUT2D eigenvalue weighted by atomic mass is 16.7. The number of carbonyl (C=O) groups excluding carboxylic acids is 1. The number of carbonyl (C=O) groups is 1. The maximum absolute atomic E-state index is 12.3. The lowest BCUT2D eigenvalue weighted by Gasteiger charge is -2.31. The number of hydroxylamine groups is 2. The summed E-state index contributed by atoms with van der Waals surface area (Å²) in [7, 11) is 1.67. The molecular weight excluding hydrogens is 302 g/mol. The van der Waals surface area contributed by atoms with Gasteiger partial charge < -0.3 is 5.11 Å². The highest BCUT2D eigenvalue weighted by molar-refractivity contribution is 5.78. The van der Waals surface area contributed by atoms with E-state index in [2.05, 4.69) is 53.7 Å². The number of phenolic OH excluding ortho intramolecular Hbond substituents is 1. The SMILES string of the molecule is CN1OCCC(Cc2cc(C(C)(C)C)c(O)c(C(C)(C)C)c2)C1=O. The van der Waals surface area contributed by atoms with E-state index in [1.165, 1.54) is 5.06 Å². The third-order valence-electron chi connectivity index (χ3n) is 4.68. The molecule has 134 valence electrons. The zero-order valence-corrected chi connectivity index (χ0v) is 16.1. The average molecular weight is 333 g/mol. The van der Waals surface area contributed by atoms with Crippen LogP contribution in [0.15, 0.2) is 12.1 Å². The summed E-state index contributed by atoms with van der Waals surface area (Å²) >= 11 is 0. The Kier molecular flexibility index (Phi) is 5.01. The first-order valence-corrected chi connectivity index (χ1v) is 8.68. The van der Waals surface area contributed by atoms with Crippen LogP contribution in [0, 0.1) is 5.92 Å². The molecule has 2 rings (SSSR count). The van der Waals surface area contributed by atoms with Crippen molar-refractivity contribution in [2.24, 2.45) is 5.92 Å². The van der Waals surface area contributed by atoms with E-state index in [1.54, 1.807) is 7.05 Å². The van der Waals surface area contributed by atoms with E-state index >= 15 is 0 Å². The molecule has 24 heavy (non-hydrogen) atoms. The van der Waals surface area contributed by atoms with Gasteiger partial charge in [0, 0.05) is 13.0 Å². The highest BCUT2D eigenvalue weighted by Crippen LogP contribution is 2.40. The molecule has 4 heteroatoms. The van der Waals surface area contributed by atoms with Crippen LogP contribution in [0.25, 0.3) is 0 Å². The lowest BCUT2D eigenvalue weighted by Crippen LogP contribution is -2.39. The fourth-order valence-corrected chi connectivity index (χ4v) is 3.21. The van der Waals surface area contributed by atoms with Crippen molar-refractivity contribution in [1.29, 1.82) is 0 Å². The first-order chi connectivity index (χ1) is 10.9. The van der Waals surface area contributed by atoms with Crippen LogP contribution in [0.1, 0.15) is 64.7 Å². The zero-order valence-electron chi connectivity index (χ0n) is 16.1. The molecule has 1 aliphatic heterocycles. The fraction of sp³-hybridized carbons (Fsp3) is 0.650. The maximum Gasteiger partial charge on any atom is 0.249 e. The molecular formula is C20H31NO3. The van der Waals surface area contributed by atoms with Gasteiger partial charge in [-0.25, -0.2) is 5.06 Å². The van der Waals surface area contributed by atoms with Crippen LogP contribution in [0.4, 0.5) is 0 Å². The summed E-state index contributed by atoms with van der Waals surface area (Å²) in [6.45, 7) is 13.2. The molecule has 0 radical (unpaired) electrons. The molecule has 1 aromatic carbocycles. The van der Waals surface area contributed by atoms with Gasteiger partial charge in [-0.1, -0.05) is 53.7 Å². The van der Waals surface area contributed by atoms with Gasteiger partial charge in [0.2, 0.25) is 5.91 Å². The average Bonchev–Trinajstić information content (AvgIpc) is 2.43. The van der Waals surface area contributed by atoms with E-state index in [1.807, 2.05) is 0 Å². The third kappa shape index (κ3) is 3.92. The van der Waals surface area contributed by atoms with Crippen molar-refractivity contribution in [2.45, 2.75) is 65.2 Å². The predicted octanol–water partition coefficient (Wildman–Crippen LogP) is 3.94. The van der Waals surface area contributed by atoms with Crippen molar-refractivity contribution in [3.63, 3.8) is 0 Å². The Morgan fingerprint density at radius 1 is 1.12 bits per heavy atom. The Hall–Kier alpha value is -1.55. The van der Waals surface area contributed by atoms with Gasteiger partial charge in [0.15, 0.2) is 0 Å². The number of phenols is 1. The van der Waals surface area contributed by atoms with Crippen LogP contribution >= 0.6 is 0 Å². The molecule has 1 N–H and O–H groups in total. The minimum Gasteiger partial charge on any atom is -0.507 e. The molecule has 4 nitrogen and oxygen atoms in total. The second-order valence-electron chi connectivity index (χ2n) is 8.90. The van der Waals surface area contributed by atoms with Crippen LogP contribution in [-0.4, -0.2) is 29.7 Å². The second-order valence-corrected chi connectivity index (χ2v) is 8.90. The minimum absolute atomic E-state index is 0.0314. The van der Waals surface area contributed by atoms with Crippen molar-refractivity contribution in [3.8, 4) is 5.75 Å². The molecule has 0 aromatic heterocycles. The van der Waals surface area contributed by atoms with Gasteiger partial charge in [-0.3, -0.25) is 9.63 Å². The monoisotopic (exact) mass is 333 g/mol. The molecule has 1 fully saturated rings. The summed E-state index contributed by atoms with van der Waals surface area (Å²) in [5, 5.41) is 12.1. The van der Waals surface area contributed by atoms with E-state index < -0.39 is 0 Å². The normalized spacial score (nSPS) is 19.7. The van der Waals surface area contributed by atoms with Gasteiger partial charge in [0.25, 0.3) is 0 Å². The molecule has 1 aliphatic rings. The van der Waals surface area contributed by atoms with E-state index in [4.69, 9.17) is 4.84 Å². The first kappa shape index (κ1) is 18.8. The maximum atomic E-state index is 12.3. The lowest BCUT2D eigenvalue weighted by molar-refractivity contribution is -0.197. The Bertz CT molecular complexity index is 588. The molecule has 0 saturated carbocycles. The summed E-state index contributed by atoms with van der Waals surface area (Å²) in [6.07, 6.45) is 1.42. The van der Waals surface area contributed by atoms with Crippen LogP contribution in [0.2, 0.25) is 0 Å². The van der Waals surface area contributed by atoms with Crippen molar-refractivity contribution < 1.29 is 14.7 Å². The number of hydrogen-bond donors (Lipinski definition) is 1. The van der Waals surface area contributed by atoms with Crippen LogP contribution < -0.4 is 0 Å². The van der Waals surface area contributed by atoms with Crippen LogP contribution in [0.5, 0.6) is 5.75 Å². The number of hydrogen-bond acceptors (Lipinski definition) is 3.